The van der Waals surface area contributed by atoms with Crippen molar-refractivity contribution in [2.24, 2.45) is 12.0 Å². The van der Waals surface area contributed by atoms with E-state index in [2.05, 4.69) is 56.9 Å². The first-order valence-corrected chi connectivity index (χ1v) is 10.8. The Balaban J connectivity index is 1.68. The largest absolute Gasteiger partial charge is 0.385 e. The number of ether oxygens (including phenoxy) is 1. The number of aromatic nitrogens is 3. The molecule has 1 aliphatic rings. The van der Waals surface area contributed by atoms with E-state index < -0.39 is 0 Å². The molecule has 1 fully saturated rings. The van der Waals surface area contributed by atoms with Crippen molar-refractivity contribution in [2.75, 3.05) is 38.3 Å². The lowest BCUT2D eigenvalue weighted by molar-refractivity contribution is 0.195. The van der Waals surface area contributed by atoms with Crippen LogP contribution >= 0.6 is 0 Å². The van der Waals surface area contributed by atoms with E-state index in [0.717, 1.165) is 50.3 Å². The van der Waals surface area contributed by atoms with Gasteiger partial charge in [-0.15, -0.1) is 10.2 Å². The van der Waals surface area contributed by atoms with Crippen LogP contribution in [0.1, 0.15) is 49.4 Å². The van der Waals surface area contributed by atoms with Gasteiger partial charge in [0.2, 0.25) is 0 Å². The molecule has 8 nitrogen and oxygen atoms in total. The lowest BCUT2D eigenvalue weighted by atomic mass is 10.1. The van der Waals surface area contributed by atoms with Crippen LogP contribution in [-0.2, 0) is 18.3 Å². The van der Waals surface area contributed by atoms with E-state index in [9.17, 15) is 0 Å². The first kappa shape index (κ1) is 22.1. The zero-order valence-electron chi connectivity index (χ0n) is 18.7. The lowest BCUT2D eigenvalue weighted by Crippen LogP contribution is -2.39. The quantitative estimate of drug-likeness (QED) is 0.374. The number of guanidine groups is 1. The van der Waals surface area contributed by atoms with E-state index in [1.807, 2.05) is 18.5 Å². The Morgan fingerprint density at radius 3 is 2.77 bits per heavy atom. The number of methoxy groups -OCH3 is 1. The molecule has 8 heteroatoms. The molecular weight excluding hydrogens is 378 g/mol. The van der Waals surface area contributed by atoms with E-state index in [4.69, 9.17) is 9.73 Å². The van der Waals surface area contributed by atoms with Crippen molar-refractivity contribution in [2.45, 2.75) is 45.7 Å². The zero-order chi connectivity index (χ0) is 21.3. The van der Waals surface area contributed by atoms with E-state index in [-0.39, 0.29) is 6.04 Å². The summed E-state index contributed by atoms with van der Waals surface area (Å²) in [6.07, 6.45) is 3.47. The van der Waals surface area contributed by atoms with Gasteiger partial charge in [0.1, 0.15) is 12.4 Å². The summed E-state index contributed by atoms with van der Waals surface area (Å²) in [6.45, 7) is 8.39. The summed E-state index contributed by atoms with van der Waals surface area (Å²) in [7, 11) is 3.69. The monoisotopic (exact) mass is 413 g/mol. The third-order valence-corrected chi connectivity index (χ3v) is 5.57. The SMILES string of the molecule is COCCCNC(=NCc1nnc(C)n1C)NC(C)c1cccc(N2CCCC2)c1. The Morgan fingerprint density at radius 2 is 2.07 bits per heavy atom. The van der Waals surface area contributed by atoms with Gasteiger partial charge < -0.3 is 24.8 Å². The molecule has 1 aromatic carbocycles. The number of benzene rings is 1. The Morgan fingerprint density at radius 1 is 1.27 bits per heavy atom. The predicted molar refractivity (Wildman–Crippen MR) is 121 cm³/mol. The van der Waals surface area contributed by atoms with Crippen molar-refractivity contribution >= 4 is 11.6 Å². The average Bonchev–Trinajstić information content (AvgIpc) is 3.40. The van der Waals surface area contributed by atoms with Gasteiger partial charge in [-0.2, -0.15) is 0 Å². The van der Waals surface area contributed by atoms with Crippen LogP contribution in [0, 0.1) is 6.92 Å². The number of aryl methyl sites for hydroxylation is 1. The predicted octanol–water partition coefficient (Wildman–Crippen LogP) is 2.56. The second kappa shape index (κ2) is 11.0. The minimum Gasteiger partial charge on any atom is -0.385 e. The second-order valence-electron chi connectivity index (χ2n) is 7.82. The minimum absolute atomic E-state index is 0.127. The van der Waals surface area contributed by atoms with Gasteiger partial charge in [-0.05, 0) is 50.8 Å². The minimum atomic E-state index is 0.127. The van der Waals surface area contributed by atoms with E-state index >= 15 is 0 Å². The van der Waals surface area contributed by atoms with Crippen molar-refractivity contribution in [3.8, 4) is 0 Å². The number of hydrogen-bond donors (Lipinski definition) is 2. The van der Waals surface area contributed by atoms with Crippen LogP contribution in [0.25, 0.3) is 0 Å². The van der Waals surface area contributed by atoms with Gasteiger partial charge in [-0.25, -0.2) is 4.99 Å². The summed E-state index contributed by atoms with van der Waals surface area (Å²) in [5.41, 5.74) is 2.56. The van der Waals surface area contributed by atoms with Crippen LogP contribution in [0.2, 0.25) is 0 Å². The fourth-order valence-corrected chi connectivity index (χ4v) is 3.57. The molecule has 2 heterocycles. The normalized spacial score (nSPS) is 15.5. The van der Waals surface area contributed by atoms with Gasteiger partial charge in [-0.1, -0.05) is 12.1 Å². The van der Waals surface area contributed by atoms with Crippen molar-refractivity contribution in [1.82, 2.24) is 25.4 Å². The molecular formula is C22H35N7O. The molecule has 1 aliphatic heterocycles. The van der Waals surface area contributed by atoms with Gasteiger partial charge in [0.05, 0.1) is 6.04 Å². The maximum atomic E-state index is 5.16. The molecule has 2 N–H and O–H groups in total. The molecule has 1 unspecified atom stereocenters. The van der Waals surface area contributed by atoms with E-state index in [0.29, 0.717) is 6.54 Å². The molecule has 0 spiro atoms. The third-order valence-electron chi connectivity index (χ3n) is 5.57. The lowest BCUT2D eigenvalue weighted by Gasteiger charge is -2.22. The van der Waals surface area contributed by atoms with Crippen LogP contribution in [0.15, 0.2) is 29.3 Å². The third kappa shape index (κ3) is 5.95. The number of aliphatic imine (C=N–C) groups is 1. The van der Waals surface area contributed by atoms with Crippen LogP contribution in [0.3, 0.4) is 0 Å². The van der Waals surface area contributed by atoms with Gasteiger partial charge >= 0.3 is 0 Å². The van der Waals surface area contributed by atoms with Gasteiger partial charge in [0.25, 0.3) is 0 Å². The number of rotatable bonds is 9. The molecule has 0 aliphatic carbocycles. The zero-order valence-corrected chi connectivity index (χ0v) is 18.7. The molecule has 1 saturated heterocycles. The smallest absolute Gasteiger partial charge is 0.192 e. The molecule has 1 aromatic heterocycles. The molecule has 2 aromatic rings. The molecule has 0 amide bonds. The van der Waals surface area contributed by atoms with E-state index in [1.54, 1.807) is 7.11 Å². The number of nitrogens with one attached hydrogen (secondary N) is 2. The fourth-order valence-electron chi connectivity index (χ4n) is 3.57. The molecule has 30 heavy (non-hydrogen) atoms. The second-order valence-corrected chi connectivity index (χ2v) is 7.82. The fraction of sp³-hybridized carbons (Fsp3) is 0.591. The summed E-state index contributed by atoms with van der Waals surface area (Å²) < 4.78 is 7.12. The van der Waals surface area contributed by atoms with Crippen molar-refractivity contribution in [3.05, 3.63) is 41.5 Å². The van der Waals surface area contributed by atoms with Gasteiger partial charge in [0, 0.05) is 46.1 Å². The highest BCUT2D eigenvalue weighted by Gasteiger charge is 2.15. The summed E-state index contributed by atoms with van der Waals surface area (Å²) in [5.74, 6) is 2.50. The first-order chi connectivity index (χ1) is 14.6. The maximum absolute atomic E-state index is 5.16. The summed E-state index contributed by atoms with van der Waals surface area (Å²) >= 11 is 0. The number of nitrogens with zero attached hydrogens (tertiary/aromatic N) is 5. The molecule has 0 saturated carbocycles. The van der Waals surface area contributed by atoms with Gasteiger partial charge in [-0.3, -0.25) is 0 Å². The highest BCUT2D eigenvalue weighted by Crippen LogP contribution is 2.23. The average molecular weight is 414 g/mol. The summed E-state index contributed by atoms with van der Waals surface area (Å²) in [6, 6.07) is 8.94. The van der Waals surface area contributed by atoms with Crippen LogP contribution in [-0.4, -0.2) is 54.1 Å². The molecule has 164 valence electrons. The topological polar surface area (TPSA) is 79.6 Å². The van der Waals surface area contributed by atoms with Crippen molar-refractivity contribution in [1.29, 1.82) is 0 Å². The Labute approximate surface area is 179 Å². The molecule has 1 atom stereocenters. The van der Waals surface area contributed by atoms with Crippen LogP contribution in [0.5, 0.6) is 0 Å². The van der Waals surface area contributed by atoms with Crippen molar-refractivity contribution < 1.29 is 4.74 Å². The Hall–Kier alpha value is -2.61. The molecule has 3 rings (SSSR count). The highest BCUT2D eigenvalue weighted by atomic mass is 16.5. The molecule has 0 bridgehead atoms. The van der Waals surface area contributed by atoms with Crippen molar-refractivity contribution in [3.63, 3.8) is 0 Å². The summed E-state index contributed by atoms with van der Waals surface area (Å²) in [5, 5.41) is 15.3. The molecule has 0 radical (unpaired) electrons. The first-order valence-electron chi connectivity index (χ1n) is 10.8. The number of anilines is 1. The van der Waals surface area contributed by atoms with Crippen LogP contribution < -0.4 is 15.5 Å². The van der Waals surface area contributed by atoms with Crippen LogP contribution in [0.4, 0.5) is 5.69 Å². The highest BCUT2D eigenvalue weighted by molar-refractivity contribution is 5.80. The maximum Gasteiger partial charge on any atom is 0.192 e. The number of hydrogen-bond acceptors (Lipinski definition) is 5. The Kier molecular flexibility index (Phi) is 8.07. The standard InChI is InChI=1S/C22H35N7O/c1-17(19-9-7-10-20(15-19)29-12-5-6-13-29)25-22(23-11-8-14-30-4)24-16-21-27-26-18(2)28(21)3/h7,9-10,15,17H,5-6,8,11-14,16H2,1-4H3,(H2,23,24,25). The Bertz CT molecular complexity index is 827. The van der Waals surface area contributed by atoms with Gasteiger partial charge in [0.15, 0.2) is 11.8 Å². The van der Waals surface area contributed by atoms with E-state index in [1.165, 1.54) is 24.1 Å². The summed E-state index contributed by atoms with van der Waals surface area (Å²) in [4.78, 5) is 7.21.